The number of amides is 5. The highest BCUT2D eigenvalue weighted by Gasteiger charge is 2.47. The average molecular weight is 771 g/mol. The number of benzene rings is 2. The Morgan fingerprint density at radius 3 is 2.36 bits per heavy atom. The summed E-state index contributed by atoms with van der Waals surface area (Å²) < 4.78 is 62.4. The van der Waals surface area contributed by atoms with Crippen LogP contribution in [0.2, 0.25) is 0 Å². The first-order valence-electron chi connectivity index (χ1n) is 18.3. The molecule has 4 aromatic rings. The maximum Gasteiger partial charge on any atom is 0.418 e. The number of fused-ring (bicyclic) bond motifs is 3. The number of carbonyl (C=O) groups is 4. The molecular formula is C38H46F4N8O5. The van der Waals surface area contributed by atoms with Crippen molar-refractivity contribution in [3.8, 4) is 0 Å². The molecule has 5 amide bonds. The number of hydrogen-bond donors (Lipinski definition) is 6. The van der Waals surface area contributed by atoms with Crippen molar-refractivity contribution in [1.82, 2.24) is 36.4 Å². The van der Waals surface area contributed by atoms with Crippen LogP contribution in [0.3, 0.4) is 0 Å². The summed E-state index contributed by atoms with van der Waals surface area (Å²) in [6.07, 6.45) is -4.14. The lowest BCUT2D eigenvalue weighted by atomic mass is 9.78. The quantitative estimate of drug-likeness (QED) is 0.0867. The minimum Gasteiger partial charge on any atom is -0.405 e. The summed E-state index contributed by atoms with van der Waals surface area (Å²) in [6, 6.07) is 6.73. The van der Waals surface area contributed by atoms with Gasteiger partial charge in [0, 0.05) is 24.0 Å². The van der Waals surface area contributed by atoms with E-state index in [1.807, 2.05) is 20.8 Å². The summed E-state index contributed by atoms with van der Waals surface area (Å²) in [6.45, 7) is 9.35. The Bertz CT molecular complexity index is 2030. The third-order valence-corrected chi connectivity index (χ3v) is 10.3. The van der Waals surface area contributed by atoms with Crippen LogP contribution in [0.1, 0.15) is 88.2 Å². The third-order valence-electron chi connectivity index (χ3n) is 10.3. The lowest BCUT2D eigenvalue weighted by Crippen LogP contribution is -2.65. The van der Waals surface area contributed by atoms with E-state index in [2.05, 4.69) is 41.8 Å². The standard InChI is InChI=1S/C38H46F4N8O5/c1-6-20(4)29(45-28(51)18-22-12-9-10-15-26(22)39)32(52)48-37(17-16-27-24(19-37)23-13-11-14-25(31(23)44-27)38(40,41)42)34(53)46-30(21(5)7-2)33-49-50-36(55-33)47-35(54)43-8-3/h9-15,20-21,29-30,44H,6-8,16-19H2,1-5H3,(H,45,51)(H,46,53)(H,48,52)(H2,43,47,50,54)/t20?,21-,29+,30?,37-/m0/s1. The van der Waals surface area contributed by atoms with Crippen molar-refractivity contribution in [2.75, 3.05) is 11.9 Å². The van der Waals surface area contributed by atoms with Crippen molar-refractivity contribution >= 4 is 40.7 Å². The molecule has 13 nitrogen and oxygen atoms in total. The van der Waals surface area contributed by atoms with E-state index in [4.69, 9.17) is 4.42 Å². The van der Waals surface area contributed by atoms with E-state index in [1.165, 1.54) is 30.3 Å². The van der Waals surface area contributed by atoms with Crippen molar-refractivity contribution in [3.63, 3.8) is 0 Å². The fourth-order valence-electron chi connectivity index (χ4n) is 6.79. The van der Waals surface area contributed by atoms with Gasteiger partial charge < -0.3 is 30.7 Å². The van der Waals surface area contributed by atoms with Crippen LogP contribution >= 0.6 is 0 Å². The van der Waals surface area contributed by atoms with E-state index in [9.17, 15) is 36.7 Å². The van der Waals surface area contributed by atoms with E-state index >= 15 is 0 Å². The lowest BCUT2D eigenvalue weighted by molar-refractivity contribution is -0.137. The molecule has 5 atom stereocenters. The normalized spacial score (nSPS) is 17.7. The summed E-state index contributed by atoms with van der Waals surface area (Å²) in [5, 5.41) is 21.8. The van der Waals surface area contributed by atoms with Gasteiger partial charge in [0.2, 0.25) is 23.6 Å². The minimum absolute atomic E-state index is 0.0210. The maximum absolute atomic E-state index is 14.8. The van der Waals surface area contributed by atoms with Crippen molar-refractivity contribution < 1.29 is 41.2 Å². The number of aryl methyl sites for hydroxylation is 1. The summed E-state index contributed by atoms with van der Waals surface area (Å²) in [7, 11) is 0. The fourth-order valence-corrected chi connectivity index (χ4v) is 6.79. The molecule has 0 saturated heterocycles. The molecule has 2 unspecified atom stereocenters. The summed E-state index contributed by atoms with van der Waals surface area (Å²) in [5.41, 5.74) is -1.66. The third kappa shape index (κ3) is 9.08. The van der Waals surface area contributed by atoms with Crippen molar-refractivity contribution in [2.45, 2.75) is 96.9 Å². The molecule has 0 saturated carbocycles. The number of halogens is 4. The number of H-pyrrole nitrogens is 1. The molecule has 0 radical (unpaired) electrons. The van der Waals surface area contributed by atoms with Crippen LogP contribution in [0.5, 0.6) is 0 Å². The van der Waals surface area contributed by atoms with Gasteiger partial charge in [-0.2, -0.15) is 13.2 Å². The molecule has 0 aliphatic heterocycles. The van der Waals surface area contributed by atoms with Crippen LogP contribution in [0.4, 0.5) is 28.4 Å². The number of urea groups is 1. The highest BCUT2D eigenvalue weighted by Crippen LogP contribution is 2.40. The number of nitrogens with zero attached hydrogens (tertiary/aromatic N) is 2. The van der Waals surface area contributed by atoms with Crippen molar-refractivity contribution in [3.05, 3.63) is 76.6 Å². The number of carbonyl (C=O) groups excluding carboxylic acids is 4. The first kappa shape index (κ1) is 40.7. The number of para-hydroxylation sites is 1. The van der Waals surface area contributed by atoms with Crippen LogP contribution in [0.25, 0.3) is 10.9 Å². The molecular weight excluding hydrogens is 724 g/mol. The second-order valence-electron chi connectivity index (χ2n) is 14.0. The second kappa shape index (κ2) is 16.9. The summed E-state index contributed by atoms with van der Waals surface area (Å²) in [4.78, 5) is 57.4. The van der Waals surface area contributed by atoms with E-state index < -0.39 is 64.9 Å². The molecule has 0 spiro atoms. The molecule has 6 N–H and O–H groups in total. The largest absolute Gasteiger partial charge is 0.418 e. The molecule has 2 aromatic heterocycles. The average Bonchev–Trinajstić information content (AvgIpc) is 3.76. The highest BCUT2D eigenvalue weighted by atomic mass is 19.4. The first-order chi connectivity index (χ1) is 26.1. The predicted octanol–water partition coefficient (Wildman–Crippen LogP) is 5.87. The van der Waals surface area contributed by atoms with Crippen LogP contribution in [0.15, 0.2) is 46.9 Å². The lowest BCUT2D eigenvalue weighted by Gasteiger charge is -2.39. The van der Waals surface area contributed by atoms with Gasteiger partial charge in [0.15, 0.2) is 0 Å². The van der Waals surface area contributed by atoms with E-state index in [0.717, 1.165) is 6.07 Å². The van der Waals surface area contributed by atoms with Gasteiger partial charge in [-0.25, -0.2) is 9.18 Å². The number of nitrogens with one attached hydrogen (secondary N) is 6. The second-order valence-corrected chi connectivity index (χ2v) is 14.0. The monoisotopic (exact) mass is 770 g/mol. The Labute approximate surface area is 315 Å². The number of alkyl halides is 3. The number of hydrogen-bond acceptors (Lipinski definition) is 7. The molecule has 2 aromatic carbocycles. The van der Waals surface area contributed by atoms with Gasteiger partial charge >= 0.3 is 18.2 Å². The predicted molar refractivity (Wildman–Crippen MR) is 195 cm³/mol. The SMILES string of the molecule is CCNC(=O)Nc1nnc(C(NC(=O)[C@]2(NC(=O)[C@H](NC(=O)Cc3ccccc3F)C(C)CC)CCc3[nH]c4c(C(F)(F)F)cccc4c3C2)[C@@H](C)CC)o1. The van der Waals surface area contributed by atoms with Gasteiger partial charge in [-0.05, 0) is 54.9 Å². The van der Waals surface area contributed by atoms with Crippen LogP contribution in [0, 0.1) is 17.7 Å². The van der Waals surface area contributed by atoms with Crippen LogP contribution < -0.4 is 26.6 Å². The number of aromatic nitrogens is 3. The van der Waals surface area contributed by atoms with Gasteiger partial charge in [-0.15, -0.1) is 5.10 Å². The minimum atomic E-state index is -4.65. The number of aromatic amines is 1. The molecule has 1 aliphatic carbocycles. The van der Waals surface area contributed by atoms with E-state index in [1.54, 1.807) is 19.9 Å². The summed E-state index contributed by atoms with van der Waals surface area (Å²) >= 11 is 0. The molecule has 0 fully saturated rings. The van der Waals surface area contributed by atoms with Gasteiger partial charge in [-0.3, -0.25) is 19.7 Å². The maximum atomic E-state index is 14.8. The van der Waals surface area contributed by atoms with Gasteiger partial charge in [-0.1, -0.05) is 76.0 Å². The molecule has 5 rings (SSSR count). The zero-order valence-electron chi connectivity index (χ0n) is 31.2. The first-order valence-corrected chi connectivity index (χ1v) is 18.3. The molecule has 1 aliphatic rings. The van der Waals surface area contributed by atoms with Gasteiger partial charge in [0.05, 0.1) is 17.5 Å². The topological polar surface area (TPSA) is 183 Å². The smallest absolute Gasteiger partial charge is 0.405 e. The molecule has 2 heterocycles. The van der Waals surface area contributed by atoms with Crippen molar-refractivity contribution in [1.29, 1.82) is 0 Å². The zero-order valence-corrected chi connectivity index (χ0v) is 31.2. The Hall–Kier alpha value is -5.48. The molecule has 17 heteroatoms. The van der Waals surface area contributed by atoms with Crippen LogP contribution in [-0.4, -0.2) is 57.1 Å². The van der Waals surface area contributed by atoms with Gasteiger partial charge in [0.1, 0.15) is 23.4 Å². The van der Waals surface area contributed by atoms with Gasteiger partial charge in [0.25, 0.3) is 0 Å². The Morgan fingerprint density at radius 2 is 1.69 bits per heavy atom. The summed E-state index contributed by atoms with van der Waals surface area (Å²) in [5.74, 6) is -3.32. The Morgan fingerprint density at radius 1 is 0.964 bits per heavy atom. The molecule has 296 valence electrons. The Balaban J connectivity index is 1.52. The van der Waals surface area contributed by atoms with E-state index in [-0.39, 0.29) is 60.0 Å². The fraction of sp³-hybridized carbons (Fsp3) is 0.474. The Kier molecular flexibility index (Phi) is 12.5. The highest BCUT2D eigenvalue weighted by molar-refractivity contribution is 5.97. The molecule has 0 bridgehead atoms. The zero-order chi connectivity index (χ0) is 40.1. The van der Waals surface area contributed by atoms with Crippen LogP contribution in [-0.2, 0) is 39.8 Å². The number of anilines is 1. The molecule has 55 heavy (non-hydrogen) atoms. The van der Waals surface area contributed by atoms with Crippen molar-refractivity contribution in [2.24, 2.45) is 11.8 Å². The van der Waals surface area contributed by atoms with E-state index in [0.29, 0.717) is 30.6 Å². The number of rotatable bonds is 14.